The Balaban J connectivity index is 3.41. The normalized spacial score (nSPS) is 12.5. The fraction of sp³-hybridized carbons (Fsp3) is 1.00. The molecule has 12 heavy (non-hydrogen) atoms. The Morgan fingerprint density at radius 1 is 1.25 bits per heavy atom. The topological polar surface area (TPSA) is 32.4 Å². The molecule has 0 heterocycles. The van der Waals surface area contributed by atoms with Gasteiger partial charge < -0.3 is 4.74 Å². The summed E-state index contributed by atoms with van der Waals surface area (Å²) in [7, 11) is 0. The van der Waals surface area contributed by atoms with Crippen molar-refractivity contribution in [2.24, 2.45) is 0 Å². The van der Waals surface area contributed by atoms with E-state index >= 15 is 0 Å². The molecule has 0 aliphatic heterocycles. The molecule has 0 aliphatic rings. The zero-order valence-electron chi connectivity index (χ0n) is 8.59. The first-order valence-corrected chi connectivity index (χ1v) is 4.50. The molecule has 0 rings (SSSR count). The van der Waals surface area contributed by atoms with E-state index < -0.39 is 5.60 Å². The highest BCUT2D eigenvalue weighted by atomic mass is 16.5. The molecule has 0 N–H and O–H groups in total. The zero-order valence-corrected chi connectivity index (χ0v) is 8.59. The van der Waals surface area contributed by atoms with Crippen molar-refractivity contribution in [3.63, 3.8) is 0 Å². The largest absolute Gasteiger partial charge is 0.363 e. The molecule has 0 atom stereocenters. The van der Waals surface area contributed by atoms with Crippen LogP contribution in [0.2, 0.25) is 0 Å². The van der Waals surface area contributed by atoms with Gasteiger partial charge in [-0.2, -0.15) is 0 Å². The van der Waals surface area contributed by atoms with Crippen LogP contribution >= 0.6 is 0 Å². The summed E-state index contributed by atoms with van der Waals surface area (Å²) in [5.74, 6) is 0. The Morgan fingerprint density at radius 2 is 1.75 bits per heavy atom. The maximum atomic E-state index is 11.1. The minimum absolute atomic E-state index is 0.281. The Morgan fingerprint density at radius 3 is 2.08 bits per heavy atom. The highest BCUT2D eigenvalue weighted by Gasteiger charge is 2.15. The van der Waals surface area contributed by atoms with Gasteiger partial charge in [0, 0.05) is 0 Å². The molecule has 0 saturated carbocycles. The van der Waals surface area contributed by atoms with E-state index in [4.69, 9.17) is 4.74 Å². The zero-order chi connectivity index (χ0) is 9.61. The van der Waals surface area contributed by atoms with Gasteiger partial charge in [0.25, 0.3) is 0 Å². The quantitative estimate of drug-likeness (QED) is 0.572. The van der Waals surface area contributed by atoms with Crippen LogP contribution in [-0.2, 0) is 9.84 Å². The minimum Gasteiger partial charge on any atom is -0.363 e. The molecule has 0 unspecified atom stereocenters. The fourth-order valence-electron chi connectivity index (χ4n) is 0.827. The van der Waals surface area contributed by atoms with Crippen molar-refractivity contribution in [3.8, 4) is 0 Å². The Kier molecular flexibility index (Phi) is 5.46. The first kappa shape index (κ1) is 11.9. The van der Waals surface area contributed by atoms with Crippen molar-refractivity contribution in [1.82, 2.24) is 4.90 Å². The van der Waals surface area contributed by atoms with Gasteiger partial charge in [-0.15, -0.1) is 0 Å². The molecule has 1 radical (unpaired) electrons. The summed E-state index contributed by atoms with van der Waals surface area (Å²) < 4.78 is 5.26. The van der Waals surface area contributed by atoms with Gasteiger partial charge in [-0.3, -0.25) is 4.90 Å². The Hall–Kier alpha value is -0.120. The molecule has 0 aromatic rings. The minimum atomic E-state index is -0.965. The van der Waals surface area contributed by atoms with Crippen molar-refractivity contribution in [2.75, 3.05) is 26.4 Å². The summed E-state index contributed by atoms with van der Waals surface area (Å²) in [6.07, 6.45) is 0. The van der Waals surface area contributed by atoms with Gasteiger partial charge in [0.2, 0.25) is 0 Å². The van der Waals surface area contributed by atoms with E-state index in [0.29, 0.717) is 6.73 Å². The summed E-state index contributed by atoms with van der Waals surface area (Å²) in [6.45, 7) is 10.2. The number of ether oxygens (including phenoxy) is 1. The second-order valence-corrected chi connectivity index (χ2v) is 3.54. The van der Waals surface area contributed by atoms with Crippen LogP contribution in [-0.4, -0.2) is 36.9 Å². The highest BCUT2D eigenvalue weighted by Crippen LogP contribution is 2.02. The second kappa shape index (κ2) is 5.51. The van der Waals surface area contributed by atoms with Crippen molar-refractivity contribution in [3.05, 3.63) is 0 Å². The standard InChI is InChI=1S/C9H20NO2/c1-5-10(6-2)8-12-7-9(3,4)11/h5-8H2,1-4H3. The Labute approximate surface area is 75.3 Å². The predicted octanol–water partition coefficient (Wildman–Crippen LogP) is 1.51. The van der Waals surface area contributed by atoms with Crippen LogP contribution in [0.25, 0.3) is 0 Å². The van der Waals surface area contributed by atoms with Gasteiger partial charge in [-0.1, -0.05) is 13.8 Å². The molecule has 73 valence electrons. The van der Waals surface area contributed by atoms with Gasteiger partial charge in [0.15, 0.2) is 0 Å². The van der Waals surface area contributed by atoms with Crippen LogP contribution in [0.3, 0.4) is 0 Å². The number of nitrogens with zero attached hydrogens (tertiary/aromatic N) is 1. The SMILES string of the molecule is CCN(CC)COCC(C)(C)[O]. The van der Waals surface area contributed by atoms with E-state index in [1.165, 1.54) is 0 Å². The van der Waals surface area contributed by atoms with Crippen LogP contribution < -0.4 is 0 Å². The summed E-state index contributed by atoms with van der Waals surface area (Å²) in [5.41, 5.74) is -0.965. The van der Waals surface area contributed by atoms with Crippen LogP contribution in [0.5, 0.6) is 0 Å². The van der Waals surface area contributed by atoms with Crippen molar-refractivity contribution < 1.29 is 9.84 Å². The summed E-state index contributed by atoms with van der Waals surface area (Å²) >= 11 is 0. The molecule has 0 aromatic heterocycles. The van der Waals surface area contributed by atoms with Gasteiger partial charge in [0.1, 0.15) is 5.60 Å². The smallest absolute Gasteiger partial charge is 0.121 e. The van der Waals surface area contributed by atoms with Gasteiger partial charge in [0.05, 0.1) is 13.3 Å². The van der Waals surface area contributed by atoms with E-state index in [9.17, 15) is 5.11 Å². The molecule has 0 amide bonds. The molecule has 0 aromatic carbocycles. The monoisotopic (exact) mass is 174 g/mol. The molecule has 0 aliphatic carbocycles. The van der Waals surface area contributed by atoms with E-state index in [1.54, 1.807) is 13.8 Å². The lowest BCUT2D eigenvalue weighted by molar-refractivity contribution is -0.0872. The third kappa shape index (κ3) is 6.58. The number of hydrogen-bond acceptors (Lipinski definition) is 2. The lowest BCUT2D eigenvalue weighted by Crippen LogP contribution is -2.31. The first-order chi connectivity index (χ1) is 5.49. The van der Waals surface area contributed by atoms with Crippen molar-refractivity contribution in [2.45, 2.75) is 33.3 Å². The van der Waals surface area contributed by atoms with E-state index in [1.807, 2.05) is 0 Å². The molecule has 0 spiro atoms. The van der Waals surface area contributed by atoms with Crippen LogP contribution in [0.15, 0.2) is 0 Å². The second-order valence-electron chi connectivity index (χ2n) is 3.54. The third-order valence-corrected chi connectivity index (χ3v) is 1.62. The molecule has 0 fully saturated rings. The van der Waals surface area contributed by atoms with Gasteiger partial charge >= 0.3 is 0 Å². The van der Waals surface area contributed by atoms with Crippen LogP contribution in [0, 0.1) is 0 Å². The summed E-state index contributed by atoms with van der Waals surface area (Å²) in [5, 5.41) is 11.1. The highest BCUT2D eigenvalue weighted by molar-refractivity contribution is 4.62. The van der Waals surface area contributed by atoms with Crippen molar-refractivity contribution in [1.29, 1.82) is 0 Å². The van der Waals surface area contributed by atoms with E-state index in [0.717, 1.165) is 13.1 Å². The average Bonchev–Trinajstić information content (AvgIpc) is 1.96. The fourth-order valence-corrected chi connectivity index (χ4v) is 0.827. The molecule has 0 saturated heterocycles. The van der Waals surface area contributed by atoms with Crippen LogP contribution in [0.4, 0.5) is 0 Å². The van der Waals surface area contributed by atoms with Gasteiger partial charge in [-0.05, 0) is 26.9 Å². The molecule has 0 bridgehead atoms. The average molecular weight is 174 g/mol. The maximum absolute atomic E-state index is 11.1. The summed E-state index contributed by atoms with van der Waals surface area (Å²) in [4.78, 5) is 2.13. The van der Waals surface area contributed by atoms with Crippen molar-refractivity contribution >= 4 is 0 Å². The van der Waals surface area contributed by atoms with E-state index in [-0.39, 0.29) is 6.61 Å². The van der Waals surface area contributed by atoms with E-state index in [2.05, 4.69) is 18.7 Å². The molecular weight excluding hydrogens is 154 g/mol. The number of rotatable bonds is 6. The first-order valence-electron chi connectivity index (χ1n) is 4.50. The van der Waals surface area contributed by atoms with Gasteiger partial charge in [-0.25, -0.2) is 5.11 Å². The molecule has 3 heteroatoms. The lowest BCUT2D eigenvalue weighted by Gasteiger charge is -2.20. The number of hydrogen-bond donors (Lipinski definition) is 0. The Bertz CT molecular complexity index is 106. The maximum Gasteiger partial charge on any atom is 0.121 e. The summed E-state index contributed by atoms with van der Waals surface area (Å²) in [6, 6.07) is 0. The van der Waals surface area contributed by atoms with Crippen LogP contribution in [0.1, 0.15) is 27.7 Å². The molecule has 3 nitrogen and oxygen atoms in total. The lowest BCUT2D eigenvalue weighted by atomic mass is 10.2. The predicted molar refractivity (Wildman–Crippen MR) is 48.5 cm³/mol. The third-order valence-electron chi connectivity index (χ3n) is 1.62. The molecular formula is C9H20NO2.